The Balaban J connectivity index is 3.22. The highest BCUT2D eigenvalue weighted by molar-refractivity contribution is 4.81. The van der Waals surface area contributed by atoms with Crippen LogP contribution in [0.25, 0.3) is 0 Å². The second-order valence-electron chi connectivity index (χ2n) is 5.50. The van der Waals surface area contributed by atoms with E-state index < -0.39 is 0 Å². The van der Waals surface area contributed by atoms with E-state index in [1.807, 2.05) is 0 Å². The van der Waals surface area contributed by atoms with Gasteiger partial charge in [0, 0.05) is 0 Å². The fourth-order valence-electron chi connectivity index (χ4n) is 2.18. The minimum Gasteiger partial charge on any atom is -0.0885 e. The smallest absolute Gasteiger partial charge is 0.0348 e. The average Bonchev–Trinajstić information content (AvgIpc) is 2.33. The van der Waals surface area contributed by atoms with Crippen LogP contribution in [0.2, 0.25) is 0 Å². The second-order valence-corrected chi connectivity index (χ2v) is 5.50. The second kappa shape index (κ2) is 13.8. The molecular weight excluding hydrogens is 204 g/mol. The van der Waals surface area contributed by atoms with Gasteiger partial charge in [0.15, 0.2) is 0 Å². The summed E-state index contributed by atoms with van der Waals surface area (Å²) in [6.45, 7) is 6.96. The Hall–Kier alpha value is -0.260. The molecule has 0 aliphatic rings. The normalized spacial score (nSPS) is 13.4. The summed E-state index contributed by atoms with van der Waals surface area (Å²) in [5, 5.41) is 0. The quantitative estimate of drug-likeness (QED) is 0.268. The monoisotopic (exact) mass is 238 g/mol. The van der Waals surface area contributed by atoms with Gasteiger partial charge in [0.25, 0.3) is 0 Å². The predicted molar refractivity (Wildman–Crippen MR) is 80.4 cm³/mol. The lowest BCUT2D eigenvalue weighted by molar-refractivity contribution is 0.460. The maximum Gasteiger partial charge on any atom is -0.0348 e. The Morgan fingerprint density at radius 3 is 2.06 bits per heavy atom. The molecule has 0 N–H and O–H groups in total. The zero-order chi connectivity index (χ0) is 12.8. The van der Waals surface area contributed by atoms with Crippen LogP contribution in [0.1, 0.15) is 91.4 Å². The number of allylic oxidation sites excluding steroid dienone is 2. The molecule has 0 aromatic heterocycles. The highest BCUT2D eigenvalue weighted by atomic mass is 14.1. The van der Waals surface area contributed by atoms with Crippen LogP contribution < -0.4 is 0 Å². The van der Waals surface area contributed by atoms with E-state index in [0.29, 0.717) is 0 Å². The predicted octanol–water partition coefficient (Wildman–Crippen LogP) is 6.51. The molecule has 0 saturated carbocycles. The highest BCUT2D eigenvalue weighted by Gasteiger charge is 2.00. The summed E-state index contributed by atoms with van der Waals surface area (Å²) in [6, 6.07) is 0. The molecule has 0 radical (unpaired) electrons. The Labute approximate surface area is 110 Å². The lowest BCUT2D eigenvalue weighted by Crippen LogP contribution is -1.93. The lowest BCUT2D eigenvalue weighted by Gasteiger charge is -2.09. The molecule has 0 bridgehead atoms. The van der Waals surface area contributed by atoms with Crippen LogP contribution >= 0.6 is 0 Å². The van der Waals surface area contributed by atoms with E-state index in [9.17, 15) is 0 Å². The molecule has 0 aromatic carbocycles. The molecule has 0 spiro atoms. The van der Waals surface area contributed by atoms with Crippen molar-refractivity contribution in [1.82, 2.24) is 0 Å². The zero-order valence-corrected chi connectivity index (χ0v) is 12.5. The molecule has 0 aromatic rings. The lowest BCUT2D eigenvalue weighted by atomic mass is 9.97. The molecule has 0 heterocycles. The van der Waals surface area contributed by atoms with Gasteiger partial charge in [-0.1, -0.05) is 84.3 Å². The Bertz CT molecular complexity index is 157. The molecule has 1 atom stereocenters. The van der Waals surface area contributed by atoms with Crippen LogP contribution in [0.3, 0.4) is 0 Å². The first-order valence-corrected chi connectivity index (χ1v) is 7.96. The molecule has 0 amide bonds. The fraction of sp³-hybridized carbons (Fsp3) is 0.882. The maximum absolute atomic E-state index is 2.42. The van der Waals surface area contributed by atoms with Crippen LogP contribution in [0.4, 0.5) is 0 Å². The van der Waals surface area contributed by atoms with Crippen molar-refractivity contribution in [2.75, 3.05) is 0 Å². The minimum atomic E-state index is 0.924. The molecule has 102 valence electrons. The van der Waals surface area contributed by atoms with Crippen LogP contribution in [0.15, 0.2) is 12.2 Å². The van der Waals surface area contributed by atoms with Crippen LogP contribution in [0, 0.1) is 5.92 Å². The van der Waals surface area contributed by atoms with Gasteiger partial charge in [-0.2, -0.15) is 0 Å². The maximum atomic E-state index is 2.42. The summed E-state index contributed by atoms with van der Waals surface area (Å²) < 4.78 is 0. The third-order valence-electron chi connectivity index (χ3n) is 3.52. The van der Waals surface area contributed by atoms with E-state index in [0.717, 1.165) is 5.92 Å². The van der Waals surface area contributed by atoms with Gasteiger partial charge >= 0.3 is 0 Å². The first-order chi connectivity index (χ1) is 8.31. The number of unbranched alkanes of at least 4 members (excludes halogenated alkanes) is 6. The van der Waals surface area contributed by atoms with Crippen molar-refractivity contribution in [3.8, 4) is 0 Å². The first kappa shape index (κ1) is 16.7. The number of rotatable bonds is 12. The van der Waals surface area contributed by atoms with Crippen LogP contribution in [-0.4, -0.2) is 0 Å². The minimum absolute atomic E-state index is 0.924. The van der Waals surface area contributed by atoms with E-state index >= 15 is 0 Å². The molecule has 0 fully saturated rings. The summed E-state index contributed by atoms with van der Waals surface area (Å²) in [6.07, 6.45) is 19.9. The van der Waals surface area contributed by atoms with E-state index in [2.05, 4.69) is 32.9 Å². The fourth-order valence-corrected chi connectivity index (χ4v) is 2.18. The summed E-state index contributed by atoms with van der Waals surface area (Å²) in [7, 11) is 0. The average molecular weight is 238 g/mol. The van der Waals surface area contributed by atoms with Crippen molar-refractivity contribution in [3.63, 3.8) is 0 Å². The van der Waals surface area contributed by atoms with Crippen molar-refractivity contribution in [3.05, 3.63) is 12.2 Å². The molecular formula is C17H34. The van der Waals surface area contributed by atoms with Gasteiger partial charge in [-0.15, -0.1) is 0 Å². The topological polar surface area (TPSA) is 0 Å². The third-order valence-corrected chi connectivity index (χ3v) is 3.52. The van der Waals surface area contributed by atoms with E-state index in [4.69, 9.17) is 0 Å². The van der Waals surface area contributed by atoms with Gasteiger partial charge in [-0.05, 0) is 25.2 Å². The molecule has 0 nitrogen and oxygen atoms in total. The molecule has 0 rings (SSSR count). The molecule has 0 aliphatic heterocycles. The van der Waals surface area contributed by atoms with Gasteiger partial charge < -0.3 is 0 Å². The largest absolute Gasteiger partial charge is 0.0885 e. The Morgan fingerprint density at radius 1 is 0.706 bits per heavy atom. The van der Waals surface area contributed by atoms with Crippen molar-refractivity contribution in [2.45, 2.75) is 91.4 Å². The Kier molecular flexibility index (Phi) is 13.6. The van der Waals surface area contributed by atoms with Gasteiger partial charge in [0.2, 0.25) is 0 Å². The Morgan fingerprint density at radius 2 is 1.35 bits per heavy atom. The van der Waals surface area contributed by atoms with Crippen molar-refractivity contribution >= 4 is 0 Å². The van der Waals surface area contributed by atoms with E-state index in [-0.39, 0.29) is 0 Å². The van der Waals surface area contributed by atoms with Crippen molar-refractivity contribution < 1.29 is 0 Å². The van der Waals surface area contributed by atoms with Crippen LogP contribution in [-0.2, 0) is 0 Å². The van der Waals surface area contributed by atoms with Gasteiger partial charge in [-0.25, -0.2) is 0 Å². The van der Waals surface area contributed by atoms with Gasteiger partial charge in [0.1, 0.15) is 0 Å². The van der Waals surface area contributed by atoms with Crippen LogP contribution in [0.5, 0.6) is 0 Å². The summed E-state index contributed by atoms with van der Waals surface area (Å²) >= 11 is 0. The first-order valence-electron chi connectivity index (χ1n) is 7.96. The molecule has 0 saturated heterocycles. The molecule has 0 aliphatic carbocycles. The van der Waals surface area contributed by atoms with Gasteiger partial charge in [-0.3, -0.25) is 0 Å². The number of hydrogen-bond acceptors (Lipinski definition) is 0. The van der Waals surface area contributed by atoms with Gasteiger partial charge in [0.05, 0.1) is 0 Å². The zero-order valence-electron chi connectivity index (χ0n) is 12.5. The molecule has 17 heavy (non-hydrogen) atoms. The molecule has 1 unspecified atom stereocenters. The number of hydrogen-bond donors (Lipinski definition) is 0. The highest BCUT2D eigenvalue weighted by Crippen LogP contribution is 2.16. The SMILES string of the molecule is CCCCC=CCCC(C)CCCCCCC. The van der Waals surface area contributed by atoms with Crippen molar-refractivity contribution in [2.24, 2.45) is 5.92 Å². The van der Waals surface area contributed by atoms with E-state index in [1.54, 1.807) is 0 Å². The van der Waals surface area contributed by atoms with Crippen molar-refractivity contribution in [1.29, 1.82) is 0 Å². The summed E-state index contributed by atoms with van der Waals surface area (Å²) in [5.74, 6) is 0.924. The molecule has 0 heteroatoms. The standard InChI is InChI=1S/C17H34/c1-4-6-8-10-12-14-16-17(3)15-13-11-9-7-5-2/h10,12,17H,4-9,11,13-16H2,1-3H3. The van der Waals surface area contributed by atoms with E-state index in [1.165, 1.54) is 70.6 Å². The summed E-state index contributed by atoms with van der Waals surface area (Å²) in [5.41, 5.74) is 0. The third kappa shape index (κ3) is 13.7. The summed E-state index contributed by atoms with van der Waals surface area (Å²) in [4.78, 5) is 0.